The molecular weight excluding hydrogens is 563 g/mol. The molecule has 4 rings (SSSR count). The third kappa shape index (κ3) is 7.42. The number of methoxy groups -OCH3 is 2. The van der Waals surface area contributed by atoms with E-state index in [1.807, 2.05) is 12.1 Å². The number of halogens is 2. The fourth-order valence-corrected chi connectivity index (χ4v) is 5.92. The summed E-state index contributed by atoms with van der Waals surface area (Å²) in [6, 6.07) is 10.2. The summed E-state index contributed by atoms with van der Waals surface area (Å²) >= 11 is 14.6. The highest BCUT2D eigenvalue weighted by Crippen LogP contribution is 2.42. The maximum absolute atomic E-state index is 13.0. The van der Waals surface area contributed by atoms with Crippen LogP contribution >= 0.6 is 35.0 Å². The number of carboxylic acid groups (broad SMARTS) is 1. The zero-order valence-corrected chi connectivity index (χ0v) is 23.9. The lowest BCUT2D eigenvalue weighted by Crippen LogP contribution is -2.48. The fourth-order valence-electron chi connectivity index (χ4n) is 4.49. The van der Waals surface area contributed by atoms with Gasteiger partial charge in [-0.15, -0.1) is 0 Å². The molecule has 39 heavy (non-hydrogen) atoms. The van der Waals surface area contributed by atoms with Crippen LogP contribution in [0.25, 0.3) is 11.8 Å². The molecule has 2 aliphatic rings. The first kappa shape index (κ1) is 29.1. The van der Waals surface area contributed by atoms with Crippen molar-refractivity contribution in [1.29, 1.82) is 0 Å². The van der Waals surface area contributed by atoms with Gasteiger partial charge in [-0.05, 0) is 54.3 Å². The second kappa shape index (κ2) is 13.0. The highest BCUT2D eigenvalue weighted by atomic mass is 35.5. The predicted molar refractivity (Wildman–Crippen MR) is 153 cm³/mol. The SMILES string of the molecule is CO/C(=C\c1cccc(C(=O)NC2(Cl)NC(c3c(Cl)cc(COC4CCCCC4)cc3OC)=CS2)c1)C(=O)O. The molecule has 2 aromatic rings. The van der Waals surface area contributed by atoms with Crippen molar-refractivity contribution in [2.24, 2.45) is 0 Å². The van der Waals surface area contributed by atoms with Crippen LogP contribution in [-0.2, 0) is 20.9 Å². The van der Waals surface area contributed by atoms with Gasteiger partial charge in [0.25, 0.3) is 5.91 Å². The third-order valence-electron chi connectivity index (χ3n) is 6.43. The lowest BCUT2D eigenvalue weighted by Gasteiger charge is -2.25. The summed E-state index contributed by atoms with van der Waals surface area (Å²) in [5.74, 6) is -1.36. The molecule has 1 aliphatic carbocycles. The van der Waals surface area contributed by atoms with E-state index >= 15 is 0 Å². The van der Waals surface area contributed by atoms with Crippen LogP contribution in [0.2, 0.25) is 5.02 Å². The van der Waals surface area contributed by atoms with E-state index < -0.39 is 16.3 Å². The van der Waals surface area contributed by atoms with Gasteiger partial charge in [0.1, 0.15) is 5.75 Å². The Morgan fingerprint density at radius 3 is 2.67 bits per heavy atom. The highest BCUT2D eigenvalue weighted by molar-refractivity contribution is 8.05. The van der Waals surface area contributed by atoms with Gasteiger partial charge in [0.15, 0.2) is 0 Å². The van der Waals surface area contributed by atoms with E-state index in [-0.39, 0.29) is 11.9 Å². The minimum absolute atomic E-state index is 0.249. The summed E-state index contributed by atoms with van der Waals surface area (Å²) in [5.41, 5.74) is 2.91. The Balaban J connectivity index is 1.44. The molecule has 1 heterocycles. The number of alkyl halides is 1. The van der Waals surface area contributed by atoms with Gasteiger partial charge in [-0.3, -0.25) is 4.79 Å². The minimum Gasteiger partial charge on any atom is -0.496 e. The summed E-state index contributed by atoms with van der Waals surface area (Å²) < 4.78 is 15.2. The molecule has 1 atom stereocenters. The van der Waals surface area contributed by atoms with Crippen molar-refractivity contribution in [2.45, 2.75) is 49.3 Å². The number of carboxylic acids is 1. The molecule has 11 heteroatoms. The first-order chi connectivity index (χ1) is 18.7. The van der Waals surface area contributed by atoms with Gasteiger partial charge in [-0.1, -0.05) is 66.4 Å². The van der Waals surface area contributed by atoms with Crippen LogP contribution in [0.1, 0.15) is 59.2 Å². The Morgan fingerprint density at radius 2 is 1.97 bits per heavy atom. The predicted octanol–water partition coefficient (Wildman–Crippen LogP) is 6.18. The van der Waals surface area contributed by atoms with E-state index in [2.05, 4.69) is 10.6 Å². The second-order valence-electron chi connectivity index (χ2n) is 9.19. The Labute approximate surface area is 241 Å². The van der Waals surface area contributed by atoms with Gasteiger partial charge in [0, 0.05) is 11.0 Å². The van der Waals surface area contributed by atoms with Gasteiger partial charge in [0.05, 0.1) is 43.2 Å². The van der Waals surface area contributed by atoms with Crippen molar-refractivity contribution in [1.82, 2.24) is 10.6 Å². The van der Waals surface area contributed by atoms with E-state index in [1.165, 1.54) is 44.2 Å². The van der Waals surface area contributed by atoms with Gasteiger partial charge in [-0.2, -0.15) is 0 Å². The van der Waals surface area contributed by atoms with Gasteiger partial charge >= 0.3 is 5.97 Å². The lowest BCUT2D eigenvalue weighted by atomic mass is 9.98. The van der Waals surface area contributed by atoms with Crippen LogP contribution in [0.3, 0.4) is 0 Å². The molecular formula is C28H30Cl2N2O6S. The smallest absolute Gasteiger partial charge is 0.371 e. The van der Waals surface area contributed by atoms with E-state index in [1.54, 1.807) is 36.8 Å². The maximum Gasteiger partial charge on any atom is 0.371 e. The largest absolute Gasteiger partial charge is 0.496 e. The molecule has 0 spiro atoms. The average Bonchev–Trinajstić information content (AvgIpc) is 3.31. The Hall–Kier alpha value is -2.85. The number of hydrogen-bond acceptors (Lipinski definition) is 7. The van der Waals surface area contributed by atoms with Crippen LogP contribution in [0.5, 0.6) is 5.75 Å². The molecule has 1 unspecified atom stereocenters. The first-order valence-electron chi connectivity index (χ1n) is 12.5. The number of hydrogen-bond donors (Lipinski definition) is 3. The summed E-state index contributed by atoms with van der Waals surface area (Å²) in [5, 5.41) is 17.3. The Kier molecular flexibility index (Phi) is 9.71. The van der Waals surface area contributed by atoms with Gasteiger partial charge in [0.2, 0.25) is 10.2 Å². The van der Waals surface area contributed by atoms with E-state index in [0.717, 1.165) is 18.4 Å². The molecule has 2 aromatic carbocycles. The Bertz CT molecular complexity index is 1290. The normalized spacial score (nSPS) is 19.7. The van der Waals surface area contributed by atoms with Crippen molar-refractivity contribution in [2.75, 3.05) is 14.2 Å². The number of ether oxygens (including phenoxy) is 3. The monoisotopic (exact) mass is 592 g/mol. The zero-order valence-electron chi connectivity index (χ0n) is 21.6. The van der Waals surface area contributed by atoms with Crippen LogP contribution in [0.15, 0.2) is 47.6 Å². The number of rotatable bonds is 10. The number of thioether (sulfide) groups is 1. The molecule has 0 saturated heterocycles. The highest BCUT2D eigenvalue weighted by Gasteiger charge is 2.36. The van der Waals surface area contributed by atoms with Gasteiger partial charge < -0.3 is 30.0 Å². The molecule has 0 aromatic heterocycles. The number of benzene rings is 2. The molecule has 3 N–H and O–H groups in total. The quantitative estimate of drug-likeness (QED) is 0.130. The third-order valence-corrected chi connectivity index (χ3v) is 8.06. The fraction of sp³-hybridized carbons (Fsp3) is 0.357. The molecule has 1 aliphatic heterocycles. The molecule has 8 nitrogen and oxygen atoms in total. The maximum atomic E-state index is 13.0. The minimum atomic E-state index is -1.38. The summed E-state index contributed by atoms with van der Waals surface area (Å²) in [7, 11) is 2.83. The zero-order chi connectivity index (χ0) is 28.0. The van der Waals surface area contributed by atoms with Crippen molar-refractivity contribution in [3.05, 3.63) is 74.8 Å². The lowest BCUT2D eigenvalue weighted by molar-refractivity contribution is -0.135. The van der Waals surface area contributed by atoms with Crippen LogP contribution in [0, 0.1) is 0 Å². The molecule has 1 saturated carbocycles. The standard InChI is InChI=1S/C28H30Cl2N2O6S/c1-36-23-14-18(15-38-20-9-4-3-5-10-20)12-21(29)25(23)22-16-39-28(30,31-22)32-26(33)19-8-6-7-17(11-19)13-24(37-2)27(34)35/h6-8,11-14,16,20,31H,3-5,9-10,15H2,1-2H3,(H,32,33)(H,34,35)/b24-13-. The molecule has 0 radical (unpaired) electrons. The number of carbonyl (C=O) groups is 2. The van der Waals surface area contributed by atoms with Crippen molar-refractivity contribution >= 4 is 58.6 Å². The number of nitrogens with one attached hydrogen (secondary N) is 2. The van der Waals surface area contributed by atoms with E-state index in [0.29, 0.717) is 39.8 Å². The number of aliphatic carboxylic acids is 1. The van der Waals surface area contributed by atoms with E-state index in [4.69, 9.17) is 37.4 Å². The molecule has 1 amide bonds. The van der Waals surface area contributed by atoms with Crippen LogP contribution < -0.4 is 15.4 Å². The Morgan fingerprint density at radius 1 is 1.21 bits per heavy atom. The molecule has 0 bridgehead atoms. The summed E-state index contributed by atoms with van der Waals surface area (Å²) in [4.78, 5) is 24.3. The average molecular weight is 594 g/mol. The summed E-state index contributed by atoms with van der Waals surface area (Å²) in [6.07, 6.45) is 7.43. The number of amides is 1. The molecule has 1 fully saturated rings. The van der Waals surface area contributed by atoms with Crippen LogP contribution in [0.4, 0.5) is 0 Å². The second-order valence-corrected chi connectivity index (χ2v) is 11.5. The molecule has 208 valence electrons. The van der Waals surface area contributed by atoms with Crippen molar-refractivity contribution < 1.29 is 28.9 Å². The van der Waals surface area contributed by atoms with Crippen LogP contribution in [-0.4, -0.2) is 41.8 Å². The van der Waals surface area contributed by atoms with Crippen molar-refractivity contribution in [3.8, 4) is 5.75 Å². The van der Waals surface area contributed by atoms with E-state index in [9.17, 15) is 14.7 Å². The number of carbonyl (C=O) groups excluding carboxylic acids is 1. The summed E-state index contributed by atoms with van der Waals surface area (Å²) in [6.45, 7) is 0.449. The van der Waals surface area contributed by atoms with Crippen molar-refractivity contribution in [3.63, 3.8) is 0 Å². The van der Waals surface area contributed by atoms with Gasteiger partial charge in [-0.25, -0.2) is 4.79 Å². The topological polar surface area (TPSA) is 106 Å². The first-order valence-corrected chi connectivity index (χ1v) is 14.1.